The Morgan fingerprint density at radius 2 is 1.65 bits per heavy atom. The highest BCUT2D eigenvalue weighted by atomic mass is 16.5. The summed E-state index contributed by atoms with van der Waals surface area (Å²) >= 11 is 0. The summed E-state index contributed by atoms with van der Waals surface area (Å²) < 4.78 is 16.8. The fourth-order valence-electron chi connectivity index (χ4n) is 3.63. The summed E-state index contributed by atoms with van der Waals surface area (Å²) in [5.74, 6) is 3.18. The highest BCUT2D eigenvalue weighted by Gasteiger charge is 2.16. The van der Waals surface area contributed by atoms with E-state index in [0.29, 0.717) is 24.1 Å². The zero-order chi connectivity index (χ0) is 23.5. The molecule has 0 amide bonds. The Balaban J connectivity index is 1.50. The van der Waals surface area contributed by atoms with Gasteiger partial charge in [-0.15, -0.1) is 10.2 Å². The average Bonchev–Trinajstić information content (AvgIpc) is 3.37. The second-order valence-electron chi connectivity index (χ2n) is 7.72. The number of hydrogen-bond acceptors (Lipinski definition) is 8. The van der Waals surface area contributed by atoms with Gasteiger partial charge in [-0.3, -0.25) is 0 Å². The first-order chi connectivity index (χ1) is 16.6. The van der Waals surface area contributed by atoms with Crippen LogP contribution < -0.4 is 14.8 Å². The first-order valence-electron chi connectivity index (χ1n) is 10.8. The van der Waals surface area contributed by atoms with Crippen molar-refractivity contribution in [2.24, 2.45) is 0 Å². The van der Waals surface area contributed by atoms with Crippen molar-refractivity contribution in [2.45, 2.75) is 13.5 Å². The molecule has 0 aliphatic heterocycles. The van der Waals surface area contributed by atoms with Crippen LogP contribution in [0.4, 0.5) is 5.82 Å². The van der Waals surface area contributed by atoms with Crippen LogP contribution in [0.2, 0.25) is 0 Å². The first-order valence-corrected chi connectivity index (χ1v) is 10.8. The van der Waals surface area contributed by atoms with E-state index in [1.165, 1.54) is 0 Å². The molecule has 0 spiro atoms. The van der Waals surface area contributed by atoms with Crippen LogP contribution in [0.3, 0.4) is 0 Å². The van der Waals surface area contributed by atoms with Gasteiger partial charge in [-0.25, -0.2) is 9.97 Å². The molecule has 3 aromatic carbocycles. The van der Waals surface area contributed by atoms with Crippen LogP contribution in [0.15, 0.2) is 71.1 Å². The van der Waals surface area contributed by atoms with Crippen molar-refractivity contribution in [3.63, 3.8) is 0 Å². The highest BCUT2D eigenvalue weighted by Crippen LogP contribution is 2.29. The number of rotatable bonds is 7. The van der Waals surface area contributed by atoms with E-state index in [0.717, 1.165) is 39.1 Å². The van der Waals surface area contributed by atoms with E-state index < -0.39 is 0 Å². The number of nitrogens with zero attached hydrogens (tertiary/aromatic N) is 4. The molecule has 34 heavy (non-hydrogen) atoms. The standard InChI is InChI=1S/C26H23N5O3/c1-16-8-10-17(11-9-16)25-30-31-26(34-25)24-28-21-7-5-4-6-20(21)23(29-24)27-15-18-14-19(32-2)12-13-22(18)33-3/h4-14H,15H2,1-3H3,(H,27,28,29). The largest absolute Gasteiger partial charge is 0.497 e. The van der Waals surface area contributed by atoms with Gasteiger partial charge in [0.1, 0.15) is 17.3 Å². The van der Waals surface area contributed by atoms with Crippen LogP contribution in [0.1, 0.15) is 11.1 Å². The molecule has 0 saturated carbocycles. The molecule has 1 N–H and O–H groups in total. The summed E-state index contributed by atoms with van der Waals surface area (Å²) in [4.78, 5) is 9.37. The molecule has 0 aliphatic carbocycles. The van der Waals surface area contributed by atoms with Crippen molar-refractivity contribution < 1.29 is 13.9 Å². The monoisotopic (exact) mass is 453 g/mol. The number of hydrogen-bond donors (Lipinski definition) is 1. The van der Waals surface area contributed by atoms with Gasteiger partial charge in [0.25, 0.3) is 5.89 Å². The lowest BCUT2D eigenvalue weighted by atomic mass is 10.1. The van der Waals surface area contributed by atoms with Crippen molar-refractivity contribution in [3.8, 4) is 34.7 Å². The number of ether oxygens (including phenoxy) is 2. The van der Waals surface area contributed by atoms with Crippen LogP contribution in [-0.2, 0) is 6.54 Å². The minimum atomic E-state index is 0.253. The lowest BCUT2D eigenvalue weighted by Crippen LogP contribution is -2.06. The molecule has 0 atom stereocenters. The summed E-state index contributed by atoms with van der Waals surface area (Å²) in [5, 5.41) is 12.7. The van der Waals surface area contributed by atoms with Crippen LogP contribution in [0, 0.1) is 6.92 Å². The summed E-state index contributed by atoms with van der Waals surface area (Å²) in [7, 11) is 3.28. The van der Waals surface area contributed by atoms with E-state index in [9.17, 15) is 0 Å². The molecule has 8 heteroatoms. The fourth-order valence-corrected chi connectivity index (χ4v) is 3.63. The molecule has 0 unspecified atom stereocenters. The second-order valence-corrected chi connectivity index (χ2v) is 7.72. The highest BCUT2D eigenvalue weighted by molar-refractivity contribution is 5.90. The molecule has 5 rings (SSSR count). The smallest absolute Gasteiger partial charge is 0.286 e. The molecular weight excluding hydrogens is 430 g/mol. The van der Waals surface area contributed by atoms with E-state index in [4.69, 9.17) is 18.9 Å². The van der Waals surface area contributed by atoms with Gasteiger partial charge < -0.3 is 19.2 Å². The van der Waals surface area contributed by atoms with Gasteiger partial charge in [0.05, 0.1) is 19.7 Å². The Morgan fingerprint density at radius 3 is 2.44 bits per heavy atom. The molecule has 0 bridgehead atoms. The molecular formula is C26H23N5O3. The number of methoxy groups -OCH3 is 2. The van der Waals surface area contributed by atoms with Crippen molar-refractivity contribution in [1.82, 2.24) is 20.2 Å². The van der Waals surface area contributed by atoms with Gasteiger partial charge in [-0.05, 0) is 49.4 Å². The molecule has 2 aromatic heterocycles. The number of aryl methyl sites for hydroxylation is 1. The maximum absolute atomic E-state index is 5.92. The zero-order valence-corrected chi connectivity index (χ0v) is 19.1. The molecule has 0 radical (unpaired) electrons. The summed E-state index contributed by atoms with van der Waals surface area (Å²) in [5.41, 5.74) is 3.70. The summed E-state index contributed by atoms with van der Waals surface area (Å²) in [6.07, 6.45) is 0. The summed E-state index contributed by atoms with van der Waals surface area (Å²) in [6.45, 7) is 2.50. The predicted molar refractivity (Wildman–Crippen MR) is 130 cm³/mol. The van der Waals surface area contributed by atoms with Crippen LogP contribution in [-0.4, -0.2) is 34.4 Å². The third-order valence-electron chi connectivity index (χ3n) is 5.45. The Hall–Kier alpha value is -4.46. The SMILES string of the molecule is COc1ccc(OC)c(CNc2nc(-c3nnc(-c4ccc(C)cc4)o3)nc3ccccc23)c1. The van der Waals surface area contributed by atoms with Crippen molar-refractivity contribution in [2.75, 3.05) is 19.5 Å². The Labute approximate surface area is 196 Å². The van der Waals surface area contributed by atoms with E-state index in [1.807, 2.05) is 73.7 Å². The zero-order valence-electron chi connectivity index (χ0n) is 19.1. The van der Waals surface area contributed by atoms with E-state index in [1.54, 1.807) is 14.2 Å². The van der Waals surface area contributed by atoms with Gasteiger partial charge in [0, 0.05) is 23.1 Å². The topological polar surface area (TPSA) is 95.2 Å². The van der Waals surface area contributed by atoms with Gasteiger partial charge in [-0.2, -0.15) is 0 Å². The molecule has 2 heterocycles. The molecule has 0 fully saturated rings. The van der Waals surface area contributed by atoms with E-state index in [-0.39, 0.29) is 5.89 Å². The minimum Gasteiger partial charge on any atom is -0.497 e. The molecule has 8 nitrogen and oxygen atoms in total. The number of fused-ring (bicyclic) bond motifs is 1. The normalized spacial score (nSPS) is 10.9. The molecule has 5 aromatic rings. The van der Waals surface area contributed by atoms with E-state index in [2.05, 4.69) is 20.5 Å². The predicted octanol–water partition coefficient (Wildman–Crippen LogP) is 5.28. The number of para-hydroxylation sites is 1. The Bertz CT molecular complexity index is 1450. The van der Waals surface area contributed by atoms with Crippen LogP contribution >= 0.6 is 0 Å². The molecule has 0 aliphatic rings. The third-order valence-corrected chi connectivity index (χ3v) is 5.45. The second kappa shape index (κ2) is 9.19. The quantitative estimate of drug-likeness (QED) is 0.355. The van der Waals surface area contributed by atoms with E-state index >= 15 is 0 Å². The van der Waals surface area contributed by atoms with Crippen LogP contribution in [0.25, 0.3) is 34.1 Å². The lowest BCUT2D eigenvalue weighted by molar-refractivity contribution is 0.399. The van der Waals surface area contributed by atoms with Crippen molar-refractivity contribution in [1.29, 1.82) is 0 Å². The first kappa shape index (κ1) is 21.4. The minimum absolute atomic E-state index is 0.253. The van der Waals surface area contributed by atoms with Crippen molar-refractivity contribution in [3.05, 3.63) is 77.9 Å². The Morgan fingerprint density at radius 1 is 0.853 bits per heavy atom. The van der Waals surface area contributed by atoms with Crippen molar-refractivity contribution >= 4 is 16.7 Å². The number of aromatic nitrogens is 4. The Kier molecular flexibility index (Phi) is 5.78. The lowest BCUT2D eigenvalue weighted by Gasteiger charge is -2.13. The third kappa shape index (κ3) is 4.25. The van der Waals surface area contributed by atoms with Gasteiger partial charge in [-0.1, -0.05) is 29.8 Å². The average molecular weight is 454 g/mol. The molecule has 0 saturated heterocycles. The maximum Gasteiger partial charge on any atom is 0.286 e. The van der Waals surface area contributed by atoms with Gasteiger partial charge >= 0.3 is 0 Å². The number of anilines is 1. The number of benzene rings is 3. The molecule has 170 valence electrons. The maximum atomic E-state index is 5.92. The van der Waals surface area contributed by atoms with Gasteiger partial charge in [0.2, 0.25) is 11.7 Å². The summed E-state index contributed by atoms with van der Waals surface area (Å²) in [6, 6.07) is 21.3. The van der Waals surface area contributed by atoms with Gasteiger partial charge in [0.15, 0.2) is 0 Å². The number of nitrogens with one attached hydrogen (secondary N) is 1. The fraction of sp³-hybridized carbons (Fsp3) is 0.154. The van der Waals surface area contributed by atoms with Crippen LogP contribution in [0.5, 0.6) is 11.5 Å².